The number of carbonyl (C=O) groups excluding carboxylic acids is 1. The fourth-order valence-corrected chi connectivity index (χ4v) is 3.41. The molecule has 0 aliphatic carbocycles. The predicted octanol–water partition coefficient (Wildman–Crippen LogP) is 5.43. The molecule has 2 heterocycles. The molecule has 2 aromatic heterocycles. The molecule has 0 fully saturated rings. The molecule has 0 radical (unpaired) electrons. The number of aromatic nitrogens is 3. The van der Waals surface area contributed by atoms with Gasteiger partial charge in [0.05, 0.1) is 24.0 Å². The topological polar surface area (TPSA) is 47.3 Å². The summed E-state index contributed by atoms with van der Waals surface area (Å²) in [7, 11) is 0. The molecule has 0 aliphatic rings. The lowest BCUT2D eigenvalue weighted by Gasteiger charge is -2.19. The Hall–Kier alpha value is -3.27. The molecular formula is C25H25N3O. The molecule has 146 valence electrons. The maximum atomic E-state index is 12.9. The van der Waals surface area contributed by atoms with E-state index in [1.54, 1.807) is 6.20 Å². The highest BCUT2D eigenvalue weighted by molar-refractivity contribution is 5.97. The SMILES string of the molecule is Cc1ccc(-c2cc(CC(=O)c3ccc(C(C)(C)C)cc3)nc3ccnn23)cc1. The van der Waals surface area contributed by atoms with Gasteiger partial charge in [-0.05, 0) is 24.0 Å². The first-order valence-corrected chi connectivity index (χ1v) is 9.86. The van der Waals surface area contributed by atoms with Gasteiger partial charge in [0, 0.05) is 17.2 Å². The summed E-state index contributed by atoms with van der Waals surface area (Å²) in [6, 6.07) is 20.0. The Morgan fingerprint density at radius 1 is 0.966 bits per heavy atom. The van der Waals surface area contributed by atoms with E-state index in [0.717, 1.165) is 22.6 Å². The van der Waals surface area contributed by atoms with Crippen molar-refractivity contribution in [3.63, 3.8) is 0 Å². The fourth-order valence-electron chi connectivity index (χ4n) is 3.41. The van der Waals surface area contributed by atoms with E-state index in [0.29, 0.717) is 5.56 Å². The maximum absolute atomic E-state index is 12.9. The predicted molar refractivity (Wildman–Crippen MR) is 116 cm³/mol. The van der Waals surface area contributed by atoms with Gasteiger partial charge in [0.1, 0.15) is 0 Å². The number of carbonyl (C=O) groups is 1. The molecule has 0 saturated carbocycles. The Labute approximate surface area is 171 Å². The van der Waals surface area contributed by atoms with Crippen LogP contribution in [-0.2, 0) is 11.8 Å². The molecule has 4 nitrogen and oxygen atoms in total. The maximum Gasteiger partial charge on any atom is 0.168 e. The Kier molecular flexibility index (Phi) is 4.79. The van der Waals surface area contributed by atoms with Crippen LogP contribution in [0.25, 0.3) is 16.9 Å². The van der Waals surface area contributed by atoms with Crippen molar-refractivity contribution in [2.24, 2.45) is 0 Å². The smallest absolute Gasteiger partial charge is 0.168 e. The number of fused-ring (bicyclic) bond motifs is 1. The summed E-state index contributed by atoms with van der Waals surface area (Å²) in [5.41, 5.74) is 6.68. The van der Waals surface area contributed by atoms with Gasteiger partial charge in [-0.2, -0.15) is 5.10 Å². The molecule has 0 aliphatic heterocycles. The molecule has 2 aromatic carbocycles. The van der Waals surface area contributed by atoms with E-state index in [-0.39, 0.29) is 17.6 Å². The van der Waals surface area contributed by atoms with Crippen molar-refractivity contribution in [3.8, 4) is 11.3 Å². The zero-order chi connectivity index (χ0) is 20.6. The summed E-state index contributed by atoms with van der Waals surface area (Å²) in [5, 5.41) is 4.40. The van der Waals surface area contributed by atoms with Crippen molar-refractivity contribution in [2.45, 2.75) is 39.5 Å². The quantitative estimate of drug-likeness (QED) is 0.442. The van der Waals surface area contributed by atoms with Crippen molar-refractivity contribution < 1.29 is 4.79 Å². The van der Waals surface area contributed by atoms with E-state index in [2.05, 4.69) is 62.0 Å². The summed E-state index contributed by atoms with van der Waals surface area (Å²) in [6.07, 6.45) is 1.99. The third kappa shape index (κ3) is 3.97. The van der Waals surface area contributed by atoms with E-state index < -0.39 is 0 Å². The third-order valence-electron chi connectivity index (χ3n) is 5.17. The van der Waals surface area contributed by atoms with Gasteiger partial charge in [-0.15, -0.1) is 0 Å². The zero-order valence-electron chi connectivity index (χ0n) is 17.3. The number of hydrogen-bond acceptors (Lipinski definition) is 3. The highest BCUT2D eigenvalue weighted by atomic mass is 16.1. The second kappa shape index (κ2) is 7.28. The number of benzene rings is 2. The number of nitrogens with zero attached hydrogens (tertiary/aromatic N) is 3. The molecule has 0 spiro atoms. The van der Waals surface area contributed by atoms with Crippen LogP contribution in [0, 0.1) is 6.92 Å². The lowest BCUT2D eigenvalue weighted by Crippen LogP contribution is -2.12. The van der Waals surface area contributed by atoms with Crippen molar-refractivity contribution >= 4 is 11.4 Å². The number of ketones is 1. The van der Waals surface area contributed by atoms with Crippen molar-refractivity contribution in [3.05, 3.63) is 89.2 Å². The summed E-state index contributed by atoms with van der Waals surface area (Å²) in [5.74, 6) is 0.0664. The van der Waals surface area contributed by atoms with Crippen LogP contribution in [0.1, 0.15) is 48.0 Å². The van der Waals surface area contributed by atoms with Crippen molar-refractivity contribution in [2.75, 3.05) is 0 Å². The third-order valence-corrected chi connectivity index (χ3v) is 5.17. The Bertz CT molecular complexity index is 1160. The van der Waals surface area contributed by atoms with Crippen LogP contribution in [0.15, 0.2) is 66.9 Å². The number of hydrogen-bond donors (Lipinski definition) is 0. The Morgan fingerprint density at radius 3 is 2.31 bits per heavy atom. The van der Waals surface area contributed by atoms with E-state index in [9.17, 15) is 4.79 Å². The second-order valence-corrected chi connectivity index (χ2v) is 8.53. The normalized spacial score (nSPS) is 11.7. The standard InChI is InChI=1S/C25H25N3O/c1-17-5-7-18(8-6-17)22-15-21(27-24-13-14-26-28(22)24)16-23(29)19-9-11-20(12-10-19)25(2,3)4/h5-15H,16H2,1-4H3. The monoisotopic (exact) mass is 383 g/mol. The molecule has 4 aromatic rings. The zero-order valence-corrected chi connectivity index (χ0v) is 17.3. The van der Waals surface area contributed by atoms with Crippen LogP contribution < -0.4 is 0 Å². The molecule has 4 heteroatoms. The molecular weight excluding hydrogens is 358 g/mol. The minimum atomic E-state index is 0.0664. The van der Waals surface area contributed by atoms with Crippen LogP contribution in [0.5, 0.6) is 0 Å². The molecule has 0 saturated heterocycles. The van der Waals surface area contributed by atoms with Crippen LogP contribution in [0.4, 0.5) is 0 Å². The lowest BCUT2D eigenvalue weighted by atomic mass is 9.86. The molecule has 4 rings (SSSR count). The first-order valence-electron chi connectivity index (χ1n) is 9.86. The van der Waals surface area contributed by atoms with Gasteiger partial charge in [-0.3, -0.25) is 4.79 Å². The molecule has 0 bridgehead atoms. The fraction of sp³-hybridized carbons (Fsp3) is 0.240. The van der Waals surface area contributed by atoms with Gasteiger partial charge in [-0.1, -0.05) is 74.9 Å². The Morgan fingerprint density at radius 2 is 1.66 bits per heavy atom. The van der Waals surface area contributed by atoms with Crippen molar-refractivity contribution in [1.82, 2.24) is 14.6 Å². The molecule has 29 heavy (non-hydrogen) atoms. The van der Waals surface area contributed by atoms with E-state index in [1.165, 1.54) is 11.1 Å². The van der Waals surface area contributed by atoms with E-state index in [1.807, 2.05) is 40.9 Å². The van der Waals surface area contributed by atoms with Crippen LogP contribution in [0.3, 0.4) is 0 Å². The average molecular weight is 383 g/mol. The van der Waals surface area contributed by atoms with E-state index >= 15 is 0 Å². The van der Waals surface area contributed by atoms with Crippen LogP contribution in [0.2, 0.25) is 0 Å². The highest BCUT2D eigenvalue weighted by Crippen LogP contribution is 2.24. The molecule has 0 N–H and O–H groups in total. The Balaban J connectivity index is 1.66. The summed E-state index contributed by atoms with van der Waals surface area (Å²) in [6.45, 7) is 8.57. The van der Waals surface area contributed by atoms with Crippen LogP contribution >= 0.6 is 0 Å². The largest absolute Gasteiger partial charge is 0.294 e. The van der Waals surface area contributed by atoms with Gasteiger partial charge in [0.15, 0.2) is 11.4 Å². The van der Waals surface area contributed by atoms with Crippen LogP contribution in [-0.4, -0.2) is 20.4 Å². The van der Waals surface area contributed by atoms with E-state index in [4.69, 9.17) is 0 Å². The van der Waals surface area contributed by atoms with Gasteiger partial charge in [-0.25, -0.2) is 9.50 Å². The minimum Gasteiger partial charge on any atom is -0.294 e. The summed E-state index contributed by atoms with van der Waals surface area (Å²) in [4.78, 5) is 17.5. The number of rotatable bonds is 4. The van der Waals surface area contributed by atoms with Gasteiger partial charge >= 0.3 is 0 Å². The van der Waals surface area contributed by atoms with Gasteiger partial charge in [0.25, 0.3) is 0 Å². The summed E-state index contributed by atoms with van der Waals surface area (Å²) >= 11 is 0. The minimum absolute atomic E-state index is 0.0664. The van der Waals surface area contributed by atoms with Gasteiger partial charge in [0.2, 0.25) is 0 Å². The first kappa shape index (κ1) is 19.1. The molecule has 0 unspecified atom stereocenters. The molecule has 0 atom stereocenters. The summed E-state index contributed by atoms with van der Waals surface area (Å²) < 4.78 is 1.82. The highest BCUT2D eigenvalue weighted by Gasteiger charge is 2.16. The number of Topliss-reactive ketones (excluding diaryl/α,β-unsaturated/α-hetero) is 1. The molecule has 0 amide bonds. The first-order chi connectivity index (χ1) is 13.8. The van der Waals surface area contributed by atoms with Crippen molar-refractivity contribution in [1.29, 1.82) is 0 Å². The second-order valence-electron chi connectivity index (χ2n) is 8.53. The van der Waals surface area contributed by atoms with Gasteiger partial charge < -0.3 is 0 Å². The lowest BCUT2D eigenvalue weighted by molar-refractivity contribution is 0.0992. The number of aryl methyl sites for hydroxylation is 1. The average Bonchev–Trinajstić information content (AvgIpc) is 3.16.